The highest BCUT2D eigenvalue weighted by Gasteiger charge is 2.23. The molecule has 0 saturated heterocycles. The topological polar surface area (TPSA) is 36.7 Å². The Morgan fingerprint density at radius 2 is 1.55 bits per heavy atom. The number of aromatic nitrogens is 1. The van der Waals surface area contributed by atoms with Crippen LogP contribution in [0.5, 0.6) is 0 Å². The number of para-hydroxylation sites is 1. The quantitative estimate of drug-likeness (QED) is 0.693. The minimum absolute atomic E-state index is 0.0164. The van der Waals surface area contributed by atoms with E-state index in [0.29, 0.717) is 0 Å². The van der Waals surface area contributed by atoms with Crippen LogP contribution >= 0.6 is 0 Å². The maximum atomic E-state index is 9.60. The lowest BCUT2D eigenvalue weighted by molar-refractivity contribution is 0.585. The number of hydrogen-bond acceptors (Lipinski definition) is 2. The Bertz CT molecular complexity index is 692. The molecule has 0 bridgehead atoms. The third kappa shape index (κ3) is 2.41. The van der Waals surface area contributed by atoms with E-state index in [2.05, 4.69) is 58.7 Å². The smallest absolute Gasteiger partial charge is 0.100 e. The molecule has 0 spiro atoms. The van der Waals surface area contributed by atoms with Gasteiger partial charge in [0.2, 0.25) is 0 Å². The first-order valence-corrected chi connectivity index (χ1v) is 6.99. The van der Waals surface area contributed by atoms with Gasteiger partial charge in [0.05, 0.1) is 11.1 Å². The van der Waals surface area contributed by atoms with Crippen molar-refractivity contribution in [2.24, 2.45) is 0 Å². The summed E-state index contributed by atoms with van der Waals surface area (Å²) in [5.41, 5.74) is 3.84. The number of nitrogens with zero attached hydrogens (tertiary/aromatic N) is 2. The minimum Gasteiger partial charge on any atom is -0.256 e. The first-order valence-electron chi connectivity index (χ1n) is 6.99. The number of pyridine rings is 1. The second-order valence-electron chi connectivity index (χ2n) is 7.36. The van der Waals surface area contributed by atoms with Gasteiger partial charge in [0.1, 0.15) is 6.07 Å². The van der Waals surface area contributed by atoms with Gasteiger partial charge in [-0.1, -0.05) is 59.7 Å². The lowest BCUT2D eigenvalue weighted by Gasteiger charge is -2.24. The van der Waals surface area contributed by atoms with Crippen molar-refractivity contribution < 1.29 is 0 Å². The van der Waals surface area contributed by atoms with Crippen molar-refractivity contribution in [2.45, 2.75) is 52.4 Å². The fourth-order valence-electron chi connectivity index (χ4n) is 2.52. The van der Waals surface area contributed by atoms with Crippen LogP contribution in [0.4, 0.5) is 0 Å². The van der Waals surface area contributed by atoms with Crippen molar-refractivity contribution in [1.82, 2.24) is 4.98 Å². The van der Waals surface area contributed by atoms with E-state index in [0.717, 1.165) is 22.0 Å². The molecule has 2 heteroatoms. The molecule has 0 aliphatic carbocycles. The molecule has 0 aliphatic heterocycles. The molecule has 20 heavy (non-hydrogen) atoms. The van der Waals surface area contributed by atoms with E-state index in [9.17, 15) is 5.26 Å². The van der Waals surface area contributed by atoms with Gasteiger partial charge < -0.3 is 0 Å². The molecule has 0 atom stereocenters. The Balaban J connectivity index is 2.89. The highest BCUT2D eigenvalue weighted by atomic mass is 14.7. The summed E-state index contributed by atoms with van der Waals surface area (Å²) < 4.78 is 0. The van der Waals surface area contributed by atoms with Gasteiger partial charge in [-0.05, 0) is 22.0 Å². The van der Waals surface area contributed by atoms with Gasteiger partial charge in [-0.2, -0.15) is 5.26 Å². The molecule has 0 aliphatic rings. The van der Waals surface area contributed by atoms with Crippen LogP contribution in [0.2, 0.25) is 0 Å². The van der Waals surface area contributed by atoms with Crippen LogP contribution in [0, 0.1) is 11.3 Å². The number of nitriles is 1. The van der Waals surface area contributed by atoms with Crippen molar-refractivity contribution in [3.05, 3.63) is 41.1 Å². The van der Waals surface area contributed by atoms with Gasteiger partial charge in [-0.3, -0.25) is 4.98 Å². The monoisotopic (exact) mass is 266 g/mol. The average Bonchev–Trinajstić information content (AvgIpc) is 2.34. The summed E-state index contributed by atoms with van der Waals surface area (Å²) in [7, 11) is 0. The number of rotatable bonds is 0. The first-order chi connectivity index (χ1) is 9.16. The normalized spacial score (nSPS) is 12.4. The fourth-order valence-corrected chi connectivity index (χ4v) is 2.52. The molecule has 2 aromatic rings. The van der Waals surface area contributed by atoms with Crippen LogP contribution in [0.15, 0.2) is 24.4 Å². The predicted octanol–water partition coefficient (Wildman–Crippen LogP) is 4.70. The molecule has 0 saturated carbocycles. The van der Waals surface area contributed by atoms with Gasteiger partial charge >= 0.3 is 0 Å². The summed E-state index contributed by atoms with van der Waals surface area (Å²) in [5, 5.41) is 10.6. The minimum atomic E-state index is -0.0794. The third-order valence-corrected chi connectivity index (χ3v) is 3.63. The Hall–Kier alpha value is -1.88. The van der Waals surface area contributed by atoms with Crippen LogP contribution in [0.25, 0.3) is 10.9 Å². The van der Waals surface area contributed by atoms with Gasteiger partial charge in [0, 0.05) is 11.6 Å². The maximum Gasteiger partial charge on any atom is 0.100 e. The van der Waals surface area contributed by atoms with Crippen molar-refractivity contribution in [3.8, 4) is 6.07 Å². The van der Waals surface area contributed by atoms with Crippen LogP contribution in [0.1, 0.15) is 58.2 Å². The SMILES string of the molecule is CC(C)(C)c1cnc2c(C(C)(C)C)cccc2c1C#N. The van der Waals surface area contributed by atoms with Crippen LogP contribution in [-0.4, -0.2) is 4.98 Å². The Morgan fingerprint density at radius 3 is 2.05 bits per heavy atom. The predicted molar refractivity (Wildman–Crippen MR) is 83.9 cm³/mol. The maximum absolute atomic E-state index is 9.60. The zero-order valence-corrected chi connectivity index (χ0v) is 13.2. The Morgan fingerprint density at radius 1 is 0.950 bits per heavy atom. The van der Waals surface area contributed by atoms with Crippen molar-refractivity contribution in [1.29, 1.82) is 5.26 Å². The number of fused-ring (bicyclic) bond motifs is 1. The van der Waals surface area contributed by atoms with Crippen LogP contribution in [0.3, 0.4) is 0 Å². The fraction of sp³-hybridized carbons (Fsp3) is 0.444. The number of hydrogen-bond donors (Lipinski definition) is 0. The first kappa shape index (κ1) is 14.5. The van der Waals surface area contributed by atoms with E-state index < -0.39 is 0 Å². The second kappa shape index (κ2) is 4.59. The lowest BCUT2D eigenvalue weighted by atomic mass is 9.81. The highest BCUT2D eigenvalue weighted by molar-refractivity contribution is 5.89. The average molecular weight is 266 g/mol. The summed E-state index contributed by atoms with van der Waals surface area (Å²) in [6.45, 7) is 12.9. The molecule has 1 heterocycles. The summed E-state index contributed by atoms with van der Waals surface area (Å²) >= 11 is 0. The number of benzene rings is 1. The molecule has 0 radical (unpaired) electrons. The Kier molecular flexibility index (Phi) is 3.34. The van der Waals surface area contributed by atoms with Gasteiger partial charge in [-0.15, -0.1) is 0 Å². The molecule has 0 amide bonds. The summed E-state index contributed by atoms with van der Waals surface area (Å²) in [6, 6.07) is 8.52. The lowest BCUT2D eigenvalue weighted by Crippen LogP contribution is -2.16. The van der Waals surface area contributed by atoms with E-state index in [1.807, 2.05) is 18.3 Å². The standard InChI is InChI=1S/C18H22N2/c1-17(2,3)14-9-7-8-12-13(10-19)15(18(4,5)6)11-20-16(12)14/h7-9,11H,1-6H3. The summed E-state index contributed by atoms with van der Waals surface area (Å²) in [4.78, 5) is 4.67. The molecular formula is C18H22N2. The zero-order valence-electron chi connectivity index (χ0n) is 13.2. The van der Waals surface area contributed by atoms with Gasteiger partial charge in [-0.25, -0.2) is 0 Å². The van der Waals surface area contributed by atoms with Crippen molar-refractivity contribution in [3.63, 3.8) is 0 Å². The van der Waals surface area contributed by atoms with Crippen molar-refractivity contribution in [2.75, 3.05) is 0 Å². The van der Waals surface area contributed by atoms with E-state index in [4.69, 9.17) is 0 Å². The highest BCUT2D eigenvalue weighted by Crippen LogP contribution is 2.34. The third-order valence-electron chi connectivity index (χ3n) is 3.63. The molecule has 0 unspecified atom stereocenters. The largest absolute Gasteiger partial charge is 0.256 e. The second-order valence-corrected chi connectivity index (χ2v) is 7.36. The summed E-state index contributed by atoms with van der Waals surface area (Å²) in [5.74, 6) is 0. The molecule has 0 fully saturated rings. The molecule has 104 valence electrons. The van der Waals surface area contributed by atoms with E-state index in [-0.39, 0.29) is 10.8 Å². The molecule has 1 aromatic heterocycles. The van der Waals surface area contributed by atoms with Gasteiger partial charge in [0.25, 0.3) is 0 Å². The molecule has 0 N–H and O–H groups in total. The van der Waals surface area contributed by atoms with Gasteiger partial charge in [0.15, 0.2) is 0 Å². The van der Waals surface area contributed by atoms with Crippen LogP contribution in [-0.2, 0) is 10.8 Å². The molecule has 2 nitrogen and oxygen atoms in total. The zero-order chi connectivity index (χ0) is 15.1. The van der Waals surface area contributed by atoms with Crippen LogP contribution < -0.4 is 0 Å². The summed E-state index contributed by atoms with van der Waals surface area (Å²) in [6.07, 6.45) is 1.87. The van der Waals surface area contributed by atoms with Crippen molar-refractivity contribution >= 4 is 10.9 Å². The van der Waals surface area contributed by atoms with E-state index in [1.54, 1.807) is 0 Å². The van der Waals surface area contributed by atoms with E-state index in [1.165, 1.54) is 5.56 Å². The Labute approximate surface area is 121 Å². The van der Waals surface area contributed by atoms with E-state index >= 15 is 0 Å². The molecule has 2 rings (SSSR count). The molecular weight excluding hydrogens is 244 g/mol. The molecule has 1 aromatic carbocycles.